The molecule has 8 nitrogen and oxygen atoms in total. The number of nitrogens with zero attached hydrogens (tertiary/aromatic N) is 4. The molecule has 9 heteroatoms. The number of benzene rings is 3. The maximum Gasteiger partial charge on any atom is 0.345 e. The van der Waals surface area contributed by atoms with E-state index in [4.69, 9.17) is 4.74 Å². The van der Waals surface area contributed by atoms with Gasteiger partial charge in [-0.1, -0.05) is 55.1 Å². The van der Waals surface area contributed by atoms with E-state index < -0.39 is 5.97 Å². The van der Waals surface area contributed by atoms with Gasteiger partial charge in [-0.15, -0.1) is 5.10 Å². The van der Waals surface area contributed by atoms with E-state index >= 15 is 0 Å². The van der Waals surface area contributed by atoms with Crippen LogP contribution in [0.15, 0.2) is 59.8 Å². The minimum atomic E-state index is -0.420. The lowest BCUT2D eigenvalue weighted by Crippen LogP contribution is -2.10. The number of carbonyl (C=O) groups is 1. The Bertz CT molecular complexity index is 1480. The van der Waals surface area contributed by atoms with Gasteiger partial charge in [0, 0.05) is 5.56 Å². The van der Waals surface area contributed by atoms with Crippen LogP contribution in [-0.4, -0.2) is 42.8 Å². The molecular formula is C25H22N6O2S. The Kier molecular flexibility index (Phi) is 5.85. The Morgan fingerprint density at radius 3 is 2.53 bits per heavy atom. The number of imidazole rings is 1. The zero-order chi connectivity index (χ0) is 23.7. The molecule has 5 aromatic rings. The van der Waals surface area contributed by atoms with Crippen molar-refractivity contribution in [2.45, 2.75) is 25.4 Å². The van der Waals surface area contributed by atoms with E-state index in [2.05, 4.69) is 37.5 Å². The van der Waals surface area contributed by atoms with E-state index in [0.29, 0.717) is 22.7 Å². The molecule has 0 aliphatic carbocycles. The zero-order valence-electron chi connectivity index (χ0n) is 18.9. The number of hydrogen-bond donors (Lipinski definition) is 2. The van der Waals surface area contributed by atoms with E-state index in [9.17, 15) is 4.79 Å². The van der Waals surface area contributed by atoms with E-state index in [1.807, 2.05) is 55.6 Å². The van der Waals surface area contributed by atoms with Crippen molar-refractivity contribution in [1.82, 2.24) is 30.6 Å². The molecule has 0 radical (unpaired) electrons. The molecule has 0 saturated carbocycles. The molecule has 2 heterocycles. The highest BCUT2D eigenvalue weighted by molar-refractivity contribution is 7.98. The molecule has 0 fully saturated rings. The van der Waals surface area contributed by atoms with Gasteiger partial charge in [-0.2, -0.15) is 0 Å². The van der Waals surface area contributed by atoms with Gasteiger partial charge in [0.2, 0.25) is 0 Å². The van der Waals surface area contributed by atoms with Gasteiger partial charge in [0.05, 0.1) is 16.6 Å². The summed E-state index contributed by atoms with van der Waals surface area (Å²) >= 11 is 1.51. The number of fused-ring (bicyclic) bond motifs is 1. The van der Waals surface area contributed by atoms with Gasteiger partial charge in [-0.3, -0.25) is 0 Å². The average molecular weight is 471 g/mol. The molecule has 0 bridgehead atoms. The first-order chi connectivity index (χ1) is 16.6. The highest BCUT2D eigenvalue weighted by Gasteiger charge is 2.20. The maximum atomic E-state index is 13.2. The number of H-pyrrole nitrogens is 2. The third kappa shape index (κ3) is 3.94. The van der Waals surface area contributed by atoms with Crippen molar-refractivity contribution in [1.29, 1.82) is 0 Å². The van der Waals surface area contributed by atoms with Crippen LogP contribution >= 0.6 is 11.8 Å². The Hall–Kier alpha value is -3.98. The van der Waals surface area contributed by atoms with E-state index in [1.165, 1.54) is 11.8 Å². The molecule has 0 aliphatic heterocycles. The molecule has 2 N–H and O–H groups in total. The largest absolute Gasteiger partial charge is 0.423 e. The quantitative estimate of drug-likeness (QED) is 0.199. The summed E-state index contributed by atoms with van der Waals surface area (Å²) < 4.78 is 5.75. The second kappa shape index (κ2) is 9.11. The maximum absolute atomic E-state index is 13.2. The van der Waals surface area contributed by atoms with Crippen molar-refractivity contribution >= 4 is 28.8 Å². The van der Waals surface area contributed by atoms with Crippen molar-refractivity contribution in [3.63, 3.8) is 0 Å². The molecule has 34 heavy (non-hydrogen) atoms. The Balaban J connectivity index is 1.45. The number of tetrazole rings is 1. The van der Waals surface area contributed by atoms with Crippen LogP contribution in [0.1, 0.15) is 28.4 Å². The summed E-state index contributed by atoms with van der Waals surface area (Å²) in [6.45, 7) is 4.10. The minimum Gasteiger partial charge on any atom is -0.423 e. The molecule has 0 unspecified atom stereocenters. The standard InChI is InChI=1S/C25H22N6O2S/c1-4-15-13-20(22-21(14(15)2)26-25(27-22)34-3)24(32)33-17-11-9-16(10-12-17)18-7-5-6-8-19(18)23-28-30-31-29-23/h5-13H,4H2,1-3H3,(H,26,27)(H,28,29,30,31). The Morgan fingerprint density at radius 2 is 1.85 bits per heavy atom. The number of aryl methyl sites for hydroxylation is 2. The Morgan fingerprint density at radius 1 is 1.09 bits per heavy atom. The predicted octanol–water partition coefficient (Wildman–Crippen LogP) is 5.22. The average Bonchev–Trinajstić information content (AvgIpc) is 3.55. The monoisotopic (exact) mass is 470 g/mol. The summed E-state index contributed by atoms with van der Waals surface area (Å²) in [5.41, 5.74) is 6.96. The van der Waals surface area contributed by atoms with E-state index in [0.717, 1.165) is 44.9 Å². The molecule has 170 valence electrons. The summed E-state index contributed by atoms with van der Waals surface area (Å²) in [5.74, 6) is 0.631. The minimum absolute atomic E-state index is 0.420. The SMILES string of the molecule is CCc1cc(C(=O)Oc2ccc(-c3ccccc3-c3nnn[nH]3)cc2)c2[nH]c(SC)nc2c1C. The van der Waals surface area contributed by atoms with Crippen molar-refractivity contribution in [3.05, 3.63) is 71.3 Å². The lowest BCUT2D eigenvalue weighted by Gasteiger charge is -2.11. The van der Waals surface area contributed by atoms with Crippen LogP contribution in [0.3, 0.4) is 0 Å². The summed E-state index contributed by atoms with van der Waals surface area (Å²) in [4.78, 5) is 21.1. The third-order valence-corrected chi connectivity index (χ3v) is 6.38. The van der Waals surface area contributed by atoms with Crippen molar-refractivity contribution in [3.8, 4) is 28.3 Å². The van der Waals surface area contributed by atoms with Gasteiger partial charge in [-0.25, -0.2) is 14.9 Å². The number of aromatic amines is 2. The van der Waals surface area contributed by atoms with Gasteiger partial charge in [0.25, 0.3) is 0 Å². The van der Waals surface area contributed by atoms with Gasteiger partial charge >= 0.3 is 5.97 Å². The molecule has 0 amide bonds. The van der Waals surface area contributed by atoms with Gasteiger partial charge in [0.1, 0.15) is 5.75 Å². The van der Waals surface area contributed by atoms with Gasteiger partial charge < -0.3 is 9.72 Å². The second-order valence-electron chi connectivity index (χ2n) is 7.74. The summed E-state index contributed by atoms with van der Waals surface area (Å²) in [6.07, 6.45) is 2.75. The number of ether oxygens (including phenoxy) is 1. The lowest BCUT2D eigenvalue weighted by atomic mass is 9.99. The zero-order valence-corrected chi connectivity index (χ0v) is 19.7. The number of hydrogen-bond acceptors (Lipinski definition) is 7. The van der Waals surface area contributed by atoms with Crippen LogP contribution in [-0.2, 0) is 6.42 Å². The van der Waals surface area contributed by atoms with Crippen LogP contribution < -0.4 is 4.74 Å². The fraction of sp³-hybridized carbons (Fsp3) is 0.160. The molecule has 0 spiro atoms. The topological polar surface area (TPSA) is 109 Å². The normalized spacial score (nSPS) is 11.1. The number of rotatable bonds is 6. The van der Waals surface area contributed by atoms with Crippen LogP contribution in [0.25, 0.3) is 33.5 Å². The summed E-state index contributed by atoms with van der Waals surface area (Å²) in [7, 11) is 0. The summed E-state index contributed by atoms with van der Waals surface area (Å²) in [6, 6.07) is 17.1. The fourth-order valence-electron chi connectivity index (χ4n) is 4.03. The third-order valence-electron chi connectivity index (χ3n) is 5.80. The fourth-order valence-corrected chi connectivity index (χ4v) is 4.42. The first-order valence-corrected chi connectivity index (χ1v) is 12.0. The molecule has 0 aliphatic rings. The lowest BCUT2D eigenvalue weighted by molar-refractivity contribution is 0.0736. The van der Waals surface area contributed by atoms with Crippen LogP contribution in [0.5, 0.6) is 5.75 Å². The predicted molar refractivity (Wildman–Crippen MR) is 132 cm³/mol. The molecule has 3 aromatic carbocycles. The van der Waals surface area contributed by atoms with E-state index in [1.54, 1.807) is 12.1 Å². The van der Waals surface area contributed by atoms with Gasteiger partial charge in [-0.05, 0) is 70.5 Å². The van der Waals surface area contributed by atoms with Crippen molar-refractivity contribution < 1.29 is 9.53 Å². The van der Waals surface area contributed by atoms with Crippen molar-refractivity contribution in [2.75, 3.05) is 6.26 Å². The highest BCUT2D eigenvalue weighted by Crippen LogP contribution is 2.32. The number of aromatic nitrogens is 6. The molecular weight excluding hydrogens is 448 g/mol. The van der Waals surface area contributed by atoms with Crippen LogP contribution in [0.2, 0.25) is 0 Å². The summed E-state index contributed by atoms with van der Waals surface area (Å²) in [5, 5.41) is 14.9. The first-order valence-electron chi connectivity index (χ1n) is 10.8. The van der Waals surface area contributed by atoms with E-state index in [-0.39, 0.29) is 0 Å². The number of nitrogens with one attached hydrogen (secondary N) is 2. The van der Waals surface area contributed by atoms with Crippen molar-refractivity contribution in [2.24, 2.45) is 0 Å². The smallest absolute Gasteiger partial charge is 0.345 e. The van der Waals surface area contributed by atoms with Gasteiger partial charge in [0.15, 0.2) is 11.0 Å². The molecule has 2 aromatic heterocycles. The number of thioether (sulfide) groups is 1. The molecule has 5 rings (SSSR count). The number of esters is 1. The highest BCUT2D eigenvalue weighted by atomic mass is 32.2. The Labute approximate surface area is 200 Å². The number of carbonyl (C=O) groups excluding carboxylic acids is 1. The second-order valence-corrected chi connectivity index (χ2v) is 8.54. The van der Waals surface area contributed by atoms with Crippen LogP contribution in [0.4, 0.5) is 0 Å². The molecule has 0 saturated heterocycles. The first kappa shape index (κ1) is 21.8. The molecule has 0 atom stereocenters. The van der Waals surface area contributed by atoms with Crippen LogP contribution in [0, 0.1) is 6.92 Å².